The van der Waals surface area contributed by atoms with Crippen LogP contribution in [0.5, 0.6) is 0 Å². The molecule has 28 heavy (non-hydrogen) atoms. The molecule has 1 saturated carbocycles. The molecule has 3 fully saturated rings. The van der Waals surface area contributed by atoms with E-state index in [-0.39, 0.29) is 0 Å². The predicted octanol–water partition coefficient (Wildman–Crippen LogP) is 5.02. The number of amides is 1. The number of fused-ring (bicyclic) bond motifs is 1. The molecule has 2 aromatic rings. The van der Waals surface area contributed by atoms with Crippen molar-refractivity contribution in [2.24, 2.45) is 11.8 Å². The number of thiophene rings is 1. The van der Waals surface area contributed by atoms with Crippen LogP contribution in [0, 0.1) is 11.8 Å². The van der Waals surface area contributed by atoms with E-state index in [9.17, 15) is 4.79 Å². The lowest BCUT2D eigenvalue weighted by molar-refractivity contribution is -0.140. The van der Waals surface area contributed by atoms with Crippen molar-refractivity contribution in [3.63, 3.8) is 0 Å². The third kappa shape index (κ3) is 3.51. The lowest BCUT2D eigenvalue weighted by Crippen LogP contribution is -2.49. The van der Waals surface area contributed by atoms with E-state index < -0.39 is 0 Å². The maximum Gasteiger partial charge on any atom is 0.225 e. The van der Waals surface area contributed by atoms with E-state index >= 15 is 0 Å². The van der Waals surface area contributed by atoms with Gasteiger partial charge >= 0.3 is 0 Å². The fourth-order valence-corrected chi connectivity index (χ4v) is 6.26. The van der Waals surface area contributed by atoms with Gasteiger partial charge in [0.2, 0.25) is 5.91 Å². The lowest BCUT2D eigenvalue weighted by atomic mass is 9.82. The summed E-state index contributed by atoms with van der Waals surface area (Å²) in [5.74, 6) is 1.74. The first kappa shape index (κ1) is 18.7. The van der Waals surface area contributed by atoms with Gasteiger partial charge in [-0.3, -0.25) is 9.69 Å². The zero-order valence-corrected chi connectivity index (χ0v) is 17.7. The van der Waals surface area contributed by atoms with E-state index in [1.54, 1.807) is 11.3 Å². The van der Waals surface area contributed by atoms with Gasteiger partial charge in [-0.2, -0.15) is 11.3 Å². The Kier molecular flexibility index (Phi) is 5.20. The van der Waals surface area contributed by atoms with E-state index in [0.29, 0.717) is 29.7 Å². The Morgan fingerprint density at radius 1 is 1.18 bits per heavy atom. The number of likely N-dealkylation sites (tertiary alicyclic amines) is 2. The predicted molar refractivity (Wildman–Crippen MR) is 115 cm³/mol. The van der Waals surface area contributed by atoms with Gasteiger partial charge in [-0.15, -0.1) is 0 Å². The number of carbonyl (C=O) groups is 1. The fourth-order valence-electron chi connectivity index (χ4n) is 5.32. The second-order valence-electron chi connectivity index (χ2n) is 8.67. The molecule has 5 heteroatoms. The highest BCUT2D eigenvalue weighted by atomic mass is 35.5. The van der Waals surface area contributed by atoms with Gasteiger partial charge in [0, 0.05) is 55.0 Å². The number of piperidine rings is 1. The average molecular weight is 415 g/mol. The molecule has 3 aliphatic rings. The van der Waals surface area contributed by atoms with Crippen molar-refractivity contribution in [2.75, 3.05) is 19.6 Å². The summed E-state index contributed by atoms with van der Waals surface area (Å²) in [5, 5.41) is 5.27. The second kappa shape index (κ2) is 7.81. The number of hydrogen-bond acceptors (Lipinski definition) is 3. The Bertz CT molecular complexity index is 835. The monoisotopic (exact) mass is 414 g/mol. The Labute approximate surface area is 176 Å². The highest BCUT2D eigenvalue weighted by Gasteiger charge is 2.48. The van der Waals surface area contributed by atoms with E-state index in [4.69, 9.17) is 11.6 Å². The minimum Gasteiger partial charge on any atom is -0.338 e. The van der Waals surface area contributed by atoms with E-state index in [0.717, 1.165) is 50.5 Å². The Balaban J connectivity index is 1.35. The van der Waals surface area contributed by atoms with Crippen LogP contribution in [0.15, 0.2) is 41.1 Å². The largest absolute Gasteiger partial charge is 0.338 e. The van der Waals surface area contributed by atoms with Crippen molar-refractivity contribution in [2.45, 2.75) is 44.2 Å². The third-order valence-electron chi connectivity index (χ3n) is 7.02. The number of hydrogen-bond donors (Lipinski definition) is 0. The van der Waals surface area contributed by atoms with Crippen LogP contribution in [0.4, 0.5) is 0 Å². The molecule has 0 spiro atoms. The van der Waals surface area contributed by atoms with Gasteiger partial charge in [-0.1, -0.05) is 30.2 Å². The summed E-state index contributed by atoms with van der Waals surface area (Å²) in [6.07, 6.45) is 4.50. The van der Waals surface area contributed by atoms with E-state index in [1.165, 1.54) is 17.5 Å². The molecular formula is C23H27ClN2OS. The number of benzene rings is 1. The molecule has 1 aliphatic carbocycles. The van der Waals surface area contributed by atoms with Crippen LogP contribution in [-0.4, -0.2) is 41.4 Å². The highest BCUT2D eigenvalue weighted by molar-refractivity contribution is 7.08. The molecular weight excluding hydrogens is 388 g/mol. The zero-order valence-electron chi connectivity index (χ0n) is 16.1. The molecule has 0 radical (unpaired) electrons. The van der Waals surface area contributed by atoms with Crippen molar-refractivity contribution < 1.29 is 4.79 Å². The fraction of sp³-hybridized carbons (Fsp3) is 0.522. The van der Waals surface area contributed by atoms with Gasteiger partial charge in [-0.05, 0) is 59.3 Å². The first-order valence-corrected chi connectivity index (χ1v) is 11.8. The minimum absolute atomic E-state index is 0.298. The van der Waals surface area contributed by atoms with Crippen molar-refractivity contribution >= 4 is 28.8 Å². The van der Waals surface area contributed by atoms with Crippen LogP contribution in [-0.2, 0) is 11.3 Å². The van der Waals surface area contributed by atoms with Crippen LogP contribution in [0.25, 0.3) is 0 Å². The smallest absolute Gasteiger partial charge is 0.225 e. The number of rotatable bonds is 4. The maximum atomic E-state index is 13.1. The first-order valence-electron chi connectivity index (χ1n) is 10.5. The van der Waals surface area contributed by atoms with Crippen LogP contribution < -0.4 is 0 Å². The molecule has 0 N–H and O–H groups in total. The molecule has 2 saturated heterocycles. The molecule has 5 rings (SSSR count). The zero-order chi connectivity index (χ0) is 19.1. The van der Waals surface area contributed by atoms with Crippen molar-refractivity contribution in [3.8, 4) is 0 Å². The maximum absolute atomic E-state index is 13.1. The quantitative estimate of drug-likeness (QED) is 0.701. The van der Waals surface area contributed by atoms with Gasteiger partial charge in [0.25, 0.3) is 0 Å². The molecule has 3 heterocycles. The summed E-state index contributed by atoms with van der Waals surface area (Å²) in [6.45, 7) is 3.97. The Morgan fingerprint density at radius 3 is 2.79 bits per heavy atom. The molecule has 2 aliphatic heterocycles. The number of carbonyl (C=O) groups excluding carboxylic acids is 1. The average Bonchev–Trinajstić information content (AvgIpc) is 3.27. The van der Waals surface area contributed by atoms with Gasteiger partial charge in [0.15, 0.2) is 0 Å². The van der Waals surface area contributed by atoms with Crippen molar-refractivity contribution in [3.05, 3.63) is 57.2 Å². The van der Waals surface area contributed by atoms with Crippen LogP contribution >= 0.6 is 22.9 Å². The third-order valence-corrected chi connectivity index (χ3v) is 7.96. The molecule has 1 aromatic carbocycles. The highest BCUT2D eigenvalue weighted by Crippen LogP contribution is 2.44. The molecule has 1 aromatic heterocycles. The van der Waals surface area contributed by atoms with Crippen LogP contribution in [0.3, 0.4) is 0 Å². The van der Waals surface area contributed by atoms with Gasteiger partial charge < -0.3 is 4.90 Å². The SMILES string of the molecule is O=C(C1CCC1)N1C[C@@H](c2ccsc2)[C@@H]2CN(Cc3cccc(Cl)c3)CC[C@@H]21. The van der Waals surface area contributed by atoms with Crippen molar-refractivity contribution in [1.82, 2.24) is 9.80 Å². The Morgan fingerprint density at radius 2 is 2.07 bits per heavy atom. The summed E-state index contributed by atoms with van der Waals surface area (Å²) >= 11 is 7.95. The summed E-state index contributed by atoms with van der Waals surface area (Å²) in [4.78, 5) is 17.9. The van der Waals surface area contributed by atoms with Crippen LogP contribution in [0.2, 0.25) is 5.02 Å². The summed E-state index contributed by atoms with van der Waals surface area (Å²) < 4.78 is 0. The van der Waals surface area contributed by atoms with Gasteiger partial charge in [0.05, 0.1) is 0 Å². The molecule has 0 bridgehead atoms. The van der Waals surface area contributed by atoms with Gasteiger partial charge in [0.1, 0.15) is 0 Å². The van der Waals surface area contributed by atoms with Gasteiger partial charge in [-0.25, -0.2) is 0 Å². The van der Waals surface area contributed by atoms with E-state index in [1.807, 2.05) is 12.1 Å². The normalized spacial score (nSPS) is 28.2. The van der Waals surface area contributed by atoms with Crippen LogP contribution in [0.1, 0.15) is 42.7 Å². The Hall–Kier alpha value is -1.36. The first-order chi connectivity index (χ1) is 13.7. The summed E-state index contributed by atoms with van der Waals surface area (Å²) in [6, 6.07) is 10.9. The number of halogens is 1. The standard InChI is InChI=1S/C23H27ClN2OS/c24-19-6-1-3-16(11-19)12-25-9-7-22-21(13-25)20(18-8-10-28-15-18)14-26(22)23(27)17-4-2-5-17/h1,3,6,8,10-11,15,17,20-22H,2,4-5,7,9,12-14H2/t20-,21-,22-/m0/s1. The topological polar surface area (TPSA) is 23.6 Å². The van der Waals surface area contributed by atoms with E-state index in [2.05, 4.69) is 38.8 Å². The molecule has 0 unspecified atom stereocenters. The van der Waals surface area contributed by atoms with Crippen molar-refractivity contribution in [1.29, 1.82) is 0 Å². The molecule has 148 valence electrons. The number of nitrogens with zero attached hydrogens (tertiary/aromatic N) is 2. The minimum atomic E-state index is 0.298. The summed E-state index contributed by atoms with van der Waals surface area (Å²) in [5.41, 5.74) is 2.70. The molecule has 3 nitrogen and oxygen atoms in total. The summed E-state index contributed by atoms with van der Waals surface area (Å²) in [7, 11) is 0. The molecule has 3 atom stereocenters. The molecule has 1 amide bonds. The second-order valence-corrected chi connectivity index (χ2v) is 9.88. The lowest BCUT2D eigenvalue weighted by Gasteiger charge is -2.40.